The molecule has 1 heterocycles. The van der Waals surface area contributed by atoms with Crippen molar-refractivity contribution in [2.75, 3.05) is 5.43 Å². The van der Waals surface area contributed by atoms with Gasteiger partial charge in [-0.05, 0) is 32.9 Å². The summed E-state index contributed by atoms with van der Waals surface area (Å²) >= 11 is 0. The lowest BCUT2D eigenvalue weighted by Gasteiger charge is -2.09. The van der Waals surface area contributed by atoms with Gasteiger partial charge in [-0.1, -0.05) is 11.6 Å². The van der Waals surface area contributed by atoms with Crippen LogP contribution in [0.2, 0.25) is 0 Å². The maximum Gasteiger partial charge on any atom is 0.253 e. The molecule has 6 heteroatoms. The molecule has 2 rings (SSSR count). The smallest absolute Gasteiger partial charge is 0.253 e. The number of carbonyl (C=O) groups is 1. The van der Waals surface area contributed by atoms with Crippen LogP contribution in [0.15, 0.2) is 22.6 Å². The van der Waals surface area contributed by atoms with E-state index in [1.54, 1.807) is 12.1 Å². The summed E-state index contributed by atoms with van der Waals surface area (Å²) in [5, 5.41) is 2.77. The maximum atomic E-state index is 12.2. The van der Waals surface area contributed by atoms with Crippen molar-refractivity contribution >= 4 is 11.6 Å². The van der Waals surface area contributed by atoms with Crippen LogP contribution in [0, 0.1) is 20.8 Å². The van der Waals surface area contributed by atoms with Gasteiger partial charge in [-0.3, -0.25) is 10.6 Å². The first-order chi connectivity index (χ1) is 9.51. The number of hydrazine groups is 1. The molecule has 0 aliphatic rings. The highest BCUT2D eigenvalue weighted by Gasteiger charge is 2.12. The molecule has 0 atom stereocenters. The minimum Gasteiger partial charge on any atom is -0.444 e. The molecule has 0 saturated carbocycles. The maximum absolute atomic E-state index is 12.2. The summed E-state index contributed by atoms with van der Waals surface area (Å²) in [7, 11) is 0. The van der Waals surface area contributed by atoms with Crippen molar-refractivity contribution in [3.63, 3.8) is 0 Å². The van der Waals surface area contributed by atoms with Gasteiger partial charge in [-0.25, -0.2) is 4.98 Å². The van der Waals surface area contributed by atoms with Crippen LogP contribution in [0.3, 0.4) is 0 Å². The summed E-state index contributed by atoms with van der Waals surface area (Å²) in [6.45, 7) is 5.86. The highest BCUT2D eigenvalue weighted by atomic mass is 16.4. The topological polar surface area (TPSA) is 93.2 Å². The van der Waals surface area contributed by atoms with Crippen molar-refractivity contribution in [2.24, 2.45) is 5.84 Å². The number of oxazole rings is 1. The standard InChI is InChI=1S/C14H18N4O2/c1-8-4-5-12(18-15)11(6-8)14(19)16-7-13-17-9(2)10(3)20-13/h4-6,18H,7,15H2,1-3H3,(H,16,19). The van der Waals surface area contributed by atoms with E-state index in [1.165, 1.54) is 0 Å². The molecule has 2 aromatic rings. The summed E-state index contributed by atoms with van der Waals surface area (Å²) in [6, 6.07) is 5.42. The van der Waals surface area contributed by atoms with Gasteiger partial charge in [0.15, 0.2) is 0 Å². The predicted molar refractivity (Wildman–Crippen MR) is 76.1 cm³/mol. The summed E-state index contributed by atoms with van der Waals surface area (Å²) in [5.74, 6) is 6.43. The number of nitrogens with zero attached hydrogens (tertiary/aromatic N) is 1. The number of hydrogen-bond acceptors (Lipinski definition) is 5. The lowest BCUT2D eigenvalue weighted by atomic mass is 10.1. The Morgan fingerprint density at radius 1 is 1.35 bits per heavy atom. The third-order valence-electron chi connectivity index (χ3n) is 3.05. The van der Waals surface area contributed by atoms with Crippen LogP contribution in [-0.4, -0.2) is 10.9 Å². The van der Waals surface area contributed by atoms with E-state index in [2.05, 4.69) is 15.7 Å². The zero-order chi connectivity index (χ0) is 14.7. The monoisotopic (exact) mass is 274 g/mol. The minimum absolute atomic E-state index is 0.227. The van der Waals surface area contributed by atoms with Crippen molar-refractivity contribution in [1.82, 2.24) is 10.3 Å². The van der Waals surface area contributed by atoms with Gasteiger partial charge in [-0.15, -0.1) is 0 Å². The second-order valence-electron chi connectivity index (χ2n) is 4.63. The molecule has 0 unspecified atom stereocenters. The van der Waals surface area contributed by atoms with E-state index < -0.39 is 0 Å². The molecule has 0 bridgehead atoms. The number of nitrogens with two attached hydrogens (primary N) is 1. The van der Waals surface area contributed by atoms with Crippen molar-refractivity contribution in [3.8, 4) is 0 Å². The van der Waals surface area contributed by atoms with Crippen LogP contribution in [-0.2, 0) is 6.54 Å². The van der Waals surface area contributed by atoms with Crippen LogP contribution >= 0.6 is 0 Å². The third kappa shape index (κ3) is 2.97. The van der Waals surface area contributed by atoms with Gasteiger partial charge >= 0.3 is 0 Å². The van der Waals surface area contributed by atoms with E-state index in [0.717, 1.165) is 17.0 Å². The quantitative estimate of drug-likeness (QED) is 0.584. The number of carbonyl (C=O) groups excluding carboxylic acids is 1. The van der Waals surface area contributed by atoms with Crippen LogP contribution < -0.4 is 16.6 Å². The molecular formula is C14H18N4O2. The zero-order valence-electron chi connectivity index (χ0n) is 11.8. The fourth-order valence-electron chi connectivity index (χ4n) is 1.84. The van der Waals surface area contributed by atoms with Gasteiger partial charge in [0.25, 0.3) is 5.91 Å². The van der Waals surface area contributed by atoms with Crippen LogP contribution in [0.1, 0.15) is 33.3 Å². The number of nitrogen functional groups attached to an aromatic ring is 1. The Hall–Kier alpha value is -2.34. The molecule has 20 heavy (non-hydrogen) atoms. The molecule has 0 saturated heterocycles. The Morgan fingerprint density at radius 3 is 2.70 bits per heavy atom. The second-order valence-corrected chi connectivity index (χ2v) is 4.63. The first-order valence-corrected chi connectivity index (χ1v) is 6.29. The number of benzene rings is 1. The van der Waals surface area contributed by atoms with E-state index in [0.29, 0.717) is 17.1 Å². The summed E-state index contributed by atoms with van der Waals surface area (Å²) in [4.78, 5) is 16.4. The minimum atomic E-state index is -0.227. The molecule has 0 aliphatic carbocycles. The van der Waals surface area contributed by atoms with Gasteiger partial charge in [-0.2, -0.15) is 0 Å². The van der Waals surface area contributed by atoms with Gasteiger partial charge in [0.2, 0.25) is 5.89 Å². The van der Waals surface area contributed by atoms with Gasteiger partial charge in [0.05, 0.1) is 23.5 Å². The molecule has 4 N–H and O–H groups in total. The SMILES string of the molecule is Cc1ccc(NN)c(C(=O)NCc2nc(C)c(C)o2)c1. The Kier molecular flexibility index (Phi) is 4.05. The summed E-state index contributed by atoms with van der Waals surface area (Å²) in [6.07, 6.45) is 0. The summed E-state index contributed by atoms with van der Waals surface area (Å²) in [5.41, 5.74) is 5.40. The Labute approximate surface area is 117 Å². The van der Waals surface area contributed by atoms with Crippen LogP contribution in [0.4, 0.5) is 5.69 Å². The number of hydrogen-bond donors (Lipinski definition) is 3. The number of aromatic nitrogens is 1. The van der Waals surface area contributed by atoms with Gasteiger partial charge in [0.1, 0.15) is 5.76 Å². The van der Waals surface area contributed by atoms with E-state index in [-0.39, 0.29) is 12.5 Å². The third-order valence-corrected chi connectivity index (χ3v) is 3.05. The molecule has 0 radical (unpaired) electrons. The van der Waals surface area contributed by atoms with E-state index in [9.17, 15) is 4.79 Å². The number of nitrogens with one attached hydrogen (secondary N) is 2. The highest BCUT2D eigenvalue weighted by molar-refractivity contribution is 5.99. The number of rotatable bonds is 4. The highest BCUT2D eigenvalue weighted by Crippen LogP contribution is 2.16. The summed E-state index contributed by atoms with van der Waals surface area (Å²) < 4.78 is 5.41. The molecular weight excluding hydrogens is 256 g/mol. The average Bonchev–Trinajstić information content (AvgIpc) is 2.75. The lowest BCUT2D eigenvalue weighted by molar-refractivity contribution is 0.0948. The molecule has 1 amide bonds. The van der Waals surface area contributed by atoms with Crippen molar-refractivity contribution in [3.05, 3.63) is 46.7 Å². The van der Waals surface area contributed by atoms with Crippen molar-refractivity contribution < 1.29 is 9.21 Å². The molecule has 106 valence electrons. The number of anilines is 1. The fourth-order valence-corrected chi connectivity index (χ4v) is 1.84. The first-order valence-electron chi connectivity index (χ1n) is 6.29. The number of amides is 1. The van der Waals surface area contributed by atoms with E-state index in [4.69, 9.17) is 10.3 Å². The van der Waals surface area contributed by atoms with Crippen LogP contribution in [0.25, 0.3) is 0 Å². The fraction of sp³-hybridized carbons (Fsp3) is 0.286. The molecule has 0 aliphatic heterocycles. The predicted octanol–water partition coefficient (Wildman–Crippen LogP) is 1.82. The first kappa shape index (κ1) is 14.1. The molecule has 0 spiro atoms. The van der Waals surface area contributed by atoms with Gasteiger partial charge < -0.3 is 15.2 Å². The molecule has 0 fully saturated rings. The Bertz CT molecular complexity index is 615. The van der Waals surface area contributed by atoms with E-state index in [1.807, 2.05) is 26.8 Å². The molecule has 6 nitrogen and oxygen atoms in total. The van der Waals surface area contributed by atoms with E-state index >= 15 is 0 Å². The van der Waals surface area contributed by atoms with Crippen molar-refractivity contribution in [2.45, 2.75) is 27.3 Å². The number of aryl methyl sites for hydroxylation is 3. The zero-order valence-corrected chi connectivity index (χ0v) is 11.8. The Balaban J connectivity index is 2.10. The lowest BCUT2D eigenvalue weighted by Crippen LogP contribution is -2.25. The van der Waals surface area contributed by atoms with Gasteiger partial charge in [0, 0.05) is 0 Å². The normalized spacial score (nSPS) is 10.4. The van der Waals surface area contributed by atoms with Crippen LogP contribution in [0.5, 0.6) is 0 Å². The molecule has 1 aromatic heterocycles. The van der Waals surface area contributed by atoms with Crippen molar-refractivity contribution in [1.29, 1.82) is 0 Å². The molecule has 1 aromatic carbocycles. The average molecular weight is 274 g/mol. The Morgan fingerprint density at radius 2 is 2.10 bits per heavy atom. The largest absolute Gasteiger partial charge is 0.444 e. The second kappa shape index (κ2) is 5.75.